The zero-order chi connectivity index (χ0) is 17.9. The molecule has 0 radical (unpaired) electrons. The van der Waals surface area contributed by atoms with Crippen LogP contribution in [0.4, 0.5) is 0 Å². The molecule has 0 bridgehead atoms. The van der Waals surface area contributed by atoms with E-state index in [1.165, 1.54) is 16.3 Å². The Bertz CT molecular complexity index is 678. The number of aliphatic imine (C=N–C) groups is 1. The van der Waals surface area contributed by atoms with Crippen LogP contribution >= 0.6 is 24.0 Å². The predicted molar refractivity (Wildman–Crippen MR) is 122 cm³/mol. The normalized spacial score (nSPS) is 11.5. The number of fused-ring (bicyclic) bond motifs is 1. The second-order valence-corrected chi connectivity index (χ2v) is 6.18. The van der Waals surface area contributed by atoms with Gasteiger partial charge in [0.15, 0.2) is 5.96 Å². The van der Waals surface area contributed by atoms with E-state index in [4.69, 9.17) is 4.74 Å². The Morgan fingerprint density at radius 2 is 1.85 bits per heavy atom. The van der Waals surface area contributed by atoms with Gasteiger partial charge in [-0.1, -0.05) is 36.4 Å². The van der Waals surface area contributed by atoms with Gasteiger partial charge < -0.3 is 20.3 Å². The van der Waals surface area contributed by atoms with Crippen LogP contribution in [-0.2, 0) is 11.3 Å². The number of benzene rings is 2. The molecule has 6 heteroatoms. The Labute approximate surface area is 174 Å². The fourth-order valence-electron chi connectivity index (χ4n) is 2.71. The van der Waals surface area contributed by atoms with Crippen molar-refractivity contribution in [3.63, 3.8) is 0 Å². The summed E-state index contributed by atoms with van der Waals surface area (Å²) in [5.41, 5.74) is 1.25. The standard InChI is InChI=1S/C20H30N4O.HI/c1-21-20(22-11-13-24(2)12-6-14-25-3)23-16-17-9-10-18-7-4-5-8-19(18)15-17;/h4-5,7-10,15H,6,11-14,16H2,1-3H3,(H2,21,22,23);1H. The van der Waals surface area contributed by atoms with Crippen LogP contribution < -0.4 is 10.6 Å². The van der Waals surface area contributed by atoms with Crippen LogP contribution in [0.3, 0.4) is 0 Å². The molecular weight excluding hydrogens is 439 g/mol. The average Bonchev–Trinajstić information content (AvgIpc) is 2.64. The molecule has 0 saturated heterocycles. The molecule has 0 aliphatic rings. The first-order valence-electron chi connectivity index (χ1n) is 8.82. The van der Waals surface area contributed by atoms with Crippen molar-refractivity contribution in [3.05, 3.63) is 48.0 Å². The number of hydrogen-bond acceptors (Lipinski definition) is 3. The molecule has 0 fully saturated rings. The van der Waals surface area contributed by atoms with E-state index in [2.05, 4.69) is 70.0 Å². The molecule has 2 N–H and O–H groups in total. The van der Waals surface area contributed by atoms with Gasteiger partial charge >= 0.3 is 0 Å². The van der Waals surface area contributed by atoms with E-state index in [0.717, 1.165) is 45.2 Å². The van der Waals surface area contributed by atoms with Crippen molar-refractivity contribution in [1.29, 1.82) is 0 Å². The fourth-order valence-corrected chi connectivity index (χ4v) is 2.71. The maximum Gasteiger partial charge on any atom is 0.191 e. The summed E-state index contributed by atoms with van der Waals surface area (Å²) in [5, 5.41) is 9.28. The van der Waals surface area contributed by atoms with Crippen molar-refractivity contribution in [2.45, 2.75) is 13.0 Å². The maximum atomic E-state index is 5.08. The monoisotopic (exact) mass is 470 g/mol. The third kappa shape index (κ3) is 7.88. The number of methoxy groups -OCH3 is 1. The Balaban J connectivity index is 0.00000338. The van der Waals surface area contributed by atoms with Gasteiger partial charge in [-0.15, -0.1) is 24.0 Å². The zero-order valence-electron chi connectivity index (χ0n) is 16.0. The maximum absolute atomic E-state index is 5.08. The van der Waals surface area contributed by atoms with Gasteiger partial charge in [0.05, 0.1) is 0 Å². The van der Waals surface area contributed by atoms with Gasteiger partial charge in [-0.2, -0.15) is 0 Å². The summed E-state index contributed by atoms with van der Waals surface area (Å²) in [6.07, 6.45) is 1.06. The number of hydrogen-bond donors (Lipinski definition) is 2. The van der Waals surface area contributed by atoms with Crippen LogP contribution in [0.15, 0.2) is 47.5 Å². The summed E-state index contributed by atoms with van der Waals surface area (Å²) >= 11 is 0. The number of halogens is 1. The SMILES string of the molecule is CN=C(NCCN(C)CCCOC)NCc1ccc2ccccc2c1.I. The fraction of sp³-hybridized carbons (Fsp3) is 0.450. The van der Waals surface area contributed by atoms with Crippen molar-refractivity contribution in [1.82, 2.24) is 15.5 Å². The first kappa shape index (κ1) is 22.7. The average molecular weight is 470 g/mol. The molecule has 0 spiro atoms. The van der Waals surface area contributed by atoms with Gasteiger partial charge in [-0.25, -0.2) is 0 Å². The molecule has 26 heavy (non-hydrogen) atoms. The Hall–Kier alpha value is -1.38. The molecule has 0 aliphatic heterocycles. The van der Waals surface area contributed by atoms with Crippen LogP contribution in [-0.4, -0.2) is 58.3 Å². The molecule has 0 heterocycles. The Morgan fingerprint density at radius 1 is 1.08 bits per heavy atom. The lowest BCUT2D eigenvalue weighted by Gasteiger charge is -2.18. The minimum absolute atomic E-state index is 0. The Kier molecular flexibility index (Phi) is 11.2. The van der Waals surface area contributed by atoms with Crippen molar-refractivity contribution in [2.24, 2.45) is 4.99 Å². The first-order chi connectivity index (χ1) is 12.2. The summed E-state index contributed by atoms with van der Waals surface area (Å²) in [6, 6.07) is 15.0. The first-order valence-corrected chi connectivity index (χ1v) is 8.82. The van der Waals surface area contributed by atoms with E-state index in [0.29, 0.717) is 0 Å². The molecule has 0 aliphatic carbocycles. The van der Waals surface area contributed by atoms with Crippen molar-refractivity contribution in [3.8, 4) is 0 Å². The summed E-state index contributed by atoms with van der Waals surface area (Å²) in [6.45, 7) is 4.45. The topological polar surface area (TPSA) is 48.9 Å². The van der Waals surface area contributed by atoms with Crippen LogP contribution in [0.2, 0.25) is 0 Å². The van der Waals surface area contributed by atoms with E-state index in [-0.39, 0.29) is 24.0 Å². The molecule has 2 rings (SSSR count). The predicted octanol–water partition coefficient (Wildman–Crippen LogP) is 3.09. The molecule has 2 aromatic carbocycles. The van der Waals surface area contributed by atoms with E-state index >= 15 is 0 Å². The highest BCUT2D eigenvalue weighted by molar-refractivity contribution is 14.0. The minimum Gasteiger partial charge on any atom is -0.385 e. The van der Waals surface area contributed by atoms with Gasteiger partial charge in [-0.05, 0) is 35.9 Å². The van der Waals surface area contributed by atoms with Gasteiger partial charge in [0.2, 0.25) is 0 Å². The number of nitrogens with one attached hydrogen (secondary N) is 2. The van der Waals surface area contributed by atoms with Crippen LogP contribution in [0.5, 0.6) is 0 Å². The summed E-state index contributed by atoms with van der Waals surface area (Å²) < 4.78 is 5.08. The summed E-state index contributed by atoms with van der Waals surface area (Å²) in [5.74, 6) is 0.832. The minimum atomic E-state index is 0. The third-order valence-corrected chi connectivity index (χ3v) is 4.17. The van der Waals surface area contributed by atoms with Crippen LogP contribution in [0.25, 0.3) is 10.8 Å². The van der Waals surface area contributed by atoms with E-state index in [1.54, 1.807) is 14.2 Å². The van der Waals surface area contributed by atoms with Gasteiger partial charge in [0.25, 0.3) is 0 Å². The Morgan fingerprint density at radius 3 is 2.58 bits per heavy atom. The van der Waals surface area contributed by atoms with Gasteiger partial charge in [-0.3, -0.25) is 4.99 Å². The van der Waals surface area contributed by atoms with E-state index in [1.807, 2.05) is 0 Å². The van der Waals surface area contributed by atoms with E-state index in [9.17, 15) is 0 Å². The lowest BCUT2D eigenvalue weighted by atomic mass is 10.1. The van der Waals surface area contributed by atoms with Crippen molar-refractivity contribution < 1.29 is 4.74 Å². The molecule has 144 valence electrons. The number of rotatable bonds is 9. The molecule has 0 amide bonds. The van der Waals surface area contributed by atoms with Crippen molar-refractivity contribution >= 4 is 40.7 Å². The highest BCUT2D eigenvalue weighted by atomic mass is 127. The van der Waals surface area contributed by atoms with Crippen LogP contribution in [0.1, 0.15) is 12.0 Å². The number of nitrogens with zero attached hydrogens (tertiary/aromatic N) is 2. The number of likely N-dealkylation sites (N-methyl/N-ethyl adjacent to an activating group) is 1. The molecule has 2 aromatic rings. The molecule has 0 saturated carbocycles. The lowest BCUT2D eigenvalue weighted by Crippen LogP contribution is -2.40. The second kappa shape index (κ2) is 12.9. The number of guanidine groups is 1. The molecule has 0 aromatic heterocycles. The quantitative estimate of drug-likeness (QED) is 0.256. The largest absolute Gasteiger partial charge is 0.385 e. The van der Waals surface area contributed by atoms with Gasteiger partial charge in [0, 0.05) is 46.9 Å². The molecular formula is C20H31IN4O. The molecule has 0 atom stereocenters. The van der Waals surface area contributed by atoms with Crippen LogP contribution in [0, 0.1) is 0 Å². The van der Waals surface area contributed by atoms with Crippen molar-refractivity contribution in [2.75, 3.05) is 47.4 Å². The summed E-state index contributed by atoms with van der Waals surface area (Å²) in [4.78, 5) is 6.59. The second-order valence-electron chi connectivity index (χ2n) is 6.18. The number of ether oxygens (including phenoxy) is 1. The zero-order valence-corrected chi connectivity index (χ0v) is 18.3. The molecule has 0 unspecified atom stereocenters. The molecule has 5 nitrogen and oxygen atoms in total. The smallest absolute Gasteiger partial charge is 0.191 e. The van der Waals surface area contributed by atoms with Gasteiger partial charge in [0.1, 0.15) is 0 Å². The van der Waals surface area contributed by atoms with E-state index < -0.39 is 0 Å². The highest BCUT2D eigenvalue weighted by Gasteiger charge is 2.02. The summed E-state index contributed by atoms with van der Waals surface area (Å²) in [7, 11) is 5.67. The lowest BCUT2D eigenvalue weighted by molar-refractivity contribution is 0.180. The highest BCUT2D eigenvalue weighted by Crippen LogP contribution is 2.15. The third-order valence-electron chi connectivity index (χ3n) is 4.17.